The molecule has 1 aromatic heterocycles. The average Bonchev–Trinajstić information content (AvgIpc) is 3.11. The Balaban J connectivity index is 1.82. The fraction of sp³-hybridized carbons (Fsp3) is 0.0909. The monoisotopic (exact) mass is 356 g/mol. The van der Waals surface area contributed by atoms with Gasteiger partial charge in [-0.3, -0.25) is 4.57 Å². The number of nitrogens with zero attached hydrogens (tertiary/aromatic N) is 3. The number of nitriles is 1. The van der Waals surface area contributed by atoms with Crippen LogP contribution in [0.4, 0.5) is 4.39 Å². The molecular weight excluding hydrogens is 339 g/mol. The first-order valence-electron chi connectivity index (χ1n) is 8.60. The van der Waals surface area contributed by atoms with Gasteiger partial charge in [0.15, 0.2) is 0 Å². The van der Waals surface area contributed by atoms with Crippen molar-refractivity contribution in [3.63, 3.8) is 0 Å². The van der Waals surface area contributed by atoms with E-state index in [1.807, 2.05) is 54.0 Å². The van der Waals surface area contributed by atoms with Gasteiger partial charge in [0.1, 0.15) is 12.1 Å². The maximum Gasteiger partial charge on any atom is 0.124 e. The summed E-state index contributed by atoms with van der Waals surface area (Å²) in [5, 5.41) is 9.33. The van der Waals surface area contributed by atoms with Crippen molar-refractivity contribution in [1.29, 1.82) is 5.26 Å². The molecule has 1 atom stereocenters. The zero-order valence-corrected chi connectivity index (χ0v) is 14.7. The first-order valence-corrected chi connectivity index (χ1v) is 8.60. The Morgan fingerprint density at radius 1 is 1.11 bits per heavy atom. The zero-order chi connectivity index (χ0) is 19.0. The maximum atomic E-state index is 13.4. The number of hydrogen-bond donors (Lipinski definition) is 1. The number of fused-ring (bicyclic) bond motifs is 1. The summed E-state index contributed by atoms with van der Waals surface area (Å²) in [6.45, 7) is 1.94. The van der Waals surface area contributed by atoms with Crippen molar-refractivity contribution in [3.8, 4) is 22.9 Å². The quantitative estimate of drug-likeness (QED) is 0.577. The second-order valence-corrected chi connectivity index (χ2v) is 6.50. The van der Waals surface area contributed by atoms with Gasteiger partial charge >= 0.3 is 0 Å². The molecule has 0 aliphatic rings. The van der Waals surface area contributed by atoms with E-state index in [0.29, 0.717) is 11.1 Å². The van der Waals surface area contributed by atoms with Gasteiger partial charge in [-0.1, -0.05) is 24.3 Å². The number of imidazole rings is 1. The summed E-state index contributed by atoms with van der Waals surface area (Å²) in [4.78, 5) is 4.49. The van der Waals surface area contributed by atoms with Crippen molar-refractivity contribution >= 4 is 11.0 Å². The summed E-state index contributed by atoms with van der Waals surface area (Å²) in [5.74, 6) is -0.419. The Kier molecular flexibility index (Phi) is 4.19. The van der Waals surface area contributed by atoms with E-state index < -0.39 is 5.82 Å². The molecule has 132 valence electrons. The van der Waals surface area contributed by atoms with E-state index in [0.717, 1.165) is 27.8 Å². The number of halogens is 1. The fourth-order valence-corrected chi connectivity index (χ4v) is 3.20. The van der Waals surface area contributed by atoms with Crippen LogP contribution in [0.3, 0.4) is 0 Å². The van der Waals surface area contributed by atoms with Crippen LogP contribution >= 0.6 is 0 Å². The number of nitrogens with two attached hydrogens (primary N) is 1. The second-order valence-electron chi connectivity index (χ2n) is 6.50. The highest BCUT2D eigenvalue weighted by atomic mass is 19.1. The first kappa shape index (κ1) is 17.0. The number of rotatable bonds is 3. The summed E-state index contributed by atoms with van der Waals surface area (Å²) in [7, 11) is 0. The van der Waals surface area contributed by atoms with Crippen LogP contribution in [0, 0.1) is 17.1 Å². The minimum Gasteiger partial charge on any atom is -0.324 e. The molecule has 4 aromatic rings. The normalized spacial score (nSPS) is 12.1. The SMILES string of the molecule is C[C@H](N)c1ccc2c(c1)ncn2-c1cccc(-c2ccc(F)cc2C#N)c1. The summed E-state index contributed by atoms with van der Waals surface area (Å²) < 4.78 is 15.4. The van der Waals surface area contributed by atoms with Crippen LogP contribution in [-0.4, -0.2) is 9.55 Å². The highest BCUT2D eigenvalue weighted by Crippen LogP contribution is 2.28. The lowest BCUT2D eigenvalue weighted by Gasteiger charge is -2.10. The van der Waals surface area contributed by atoms with Crippen LogP contribution in [-0.2, 0) is 0 Å². The molecular formula is C22H17FN4. The summed E-state index contributed by atoms with van der Waals surface area (Å²) >= 11 is 0. The molecule has 0 saturated carbocycles. The largest absolute Gasteiger partial charge is 0.324 e. The average molecular weight is 356 g/mol. The van der Waals surface area contributed by atoms with Gasteiger partial charge in [-0.2, -0.15) is 5.26 Å². The standard InChI is InChI=1S/C22H17FN4/c1-14(25)15-5-8-22-21(11-15)26-13-27(22)19-4-2-3-16(10-19)20-7-6-18(23)9-17(20)12-24/h2-11,13-14H,25H2,1H3/t14-/m0/s1. The Morgan fingerprint density at radius 2 is 1.96 bits per heavy atom. The minimum atomic E-state index is -0.419. The van der Waals surface area contributed by atoms with Gasteiger partial charge < -0.3 is 5.73 Å². The van der Waals surface area contributed by atoms with Crippen LogP contribution in [0.1, 0.15) is 24.1 Å². The second kappa shape index (κ2) is 6.67. The molecule has 1 heterocycles. The van der Waals surface area contributed by atoms with Gasteiger partial charge in [-0.15, -0.1) is 0 Å². The third kappa shape index (κ3) is 3.07. The van der Waals surface area contributed by atoms with Crippen LogP contribution in [0.5, 0.6) is 0 Å². The molecule has 0 fully saturated rings. The third-order valence-electron chi connectivity index (χ3n) is 4.63. The summed E-state index contributed by atoms with van der Waals surface area (Å²) in [6.07, 6.45) is 1.77. The van der Waals surface area contributed by atoms with Gasteiger partial charge in [0, 0.05) is 11.7 Å². The lowest BCUT2D eigenvalue weighted by Crippen LogP contribution is -2.04. The molecule has 0 bridgehead atoms. The van der Waals surface area contributed by atoms with Gasteiger partial charge in [-0.25, -0.2) is 9.37 Å². The Labute approximate surface area is 156 Å². The fourth-order valence-electron chi connectivity index (χ4n) is 3.20. The van der Waals surface area contributed by atoms with Crippen molar-refractivity contribution in [2.24, 2.45) is 5.73 Å². The molecule has 4 nitrogen and oxygen atoms in total. The smallest absolute Gasteiger partial charge is 0.124 e. The van der Waals surface area contributed by atoms with E-state index in [-0.39, 0.29) is 6.04 Å². The molecule has 2 N–H and O–H groups in total. The molecule has 0 unspecified atom stereocenters. The molecule has 0 saturated heterocycles. The summed E-state index contributed by atoms with van der Waals surface area (Å²) in [6, 6.07) is 20.0. The van der Waals surface area contributed by atoms with Crippen molar-refractivity contribution in [1.82, 2.24) is 9.55 Å². The minimum absolute atomic E-state index is 0.0502. The van der Waals surface area contributed by atoms with E-state index in [4.69, 9.17) is 5.73 Å². The van der Waals surface area contributed by atoms with Crippen LogP contribution in [0.2, 0.25) is 0 Å². The number of aromatic nitrogens is 2. The van der Waals surface area contributed by atoms with Crippen molar-refractivity contribution in [2.75, 3.05) is 0 Å². The number of benzene rings is 3. The molecule has 0 aliphatic carbocycles. The van der Waals surface area contributed by atoms with E-state index in [9.17, 15) is 9.65 Å². The van der Waals surface area contributed by atoms with E-state index in [1.165, 1.54) is 12.1 Å². The predicted octanol–water partition coefficient (Wildman–Crippen LogP) is 4.72. The highest BCUT2D eigenvalue weighted by molar-refractivity contribution is 5.79. The lowest BCUT2D eigenvalue weighted by molar-refractivity contribution is 0.627. The molecule has 5 heteroatoms. The molecule has 0 spiro atoms. The van der Waals surface area contributed by atoms with Gasteiger partial charge in [0.2, 0.25) is 0 Å². The van der Waals surface area contributed by atoms with Crippen molar-refractivity contribution < 1.29 is 4.39 Å². The predicted molar refractivity (Wildman–Crippen MR) is 104 cm³/mol. The third-order valence-corrected chi connectivity index (χ3v) is 4.63. The molecule has 4 rings (SSSR count). The van der Waals surface area contributed by atoms with Gasteiger partial charge in [-0.05, 0) is 60.0 Å². The maximum absolute atomic E-state index is 13.4. The Bertz CT molecular complexity index is 1180. The van der Waals surface area contributed by atoms with E-state index >= 15 is 0 Å². The van der Waals surface area contributed by atoms with E-state index in [2.05, 4.69) is 11.1 Å². The van der Waals surface area contributed by atoms with Crippen LogP contribution in [0.25, 0.3) is 27.8 Å². The Morgan fingerprint density at radius 3 is 2.74 bits per heavy atom. The first-order chi connectivity index (χ1) is 13.1. The molecule has 0 radical (unpaired) electrons. The molecule has 0 aliphatic heterocycles. The van der Waals surface area contributed by atoms with Crippen molar-refractivity contribution in [2.45, 2.75) is 13.0 Å². The Hall–Kier alpha value is -3.49. The topological polar surface area (TPSA) is 67.6 Å². The van der Waals surface area contributed by atoms with E-state index in [1.54, 1.807) is 12.4 Å². The van der Waals surface area contributed by atoms with Crippen LogP contribution < -0.4 is 5.73 Å². The molecule has 3 aromatic carbocycles. The van der Waals surface area contributed by atoms with Crippen molar-refractivity contribution in [3.05, 3.63) is 83.9 Å². The van der Waals surface area contributed by atoms with Crippen LogP contribution in [0.15, 0.2) is 67.0 Å². The zero-order valence-electron chi connectivity index (χ0n) is 14.7. The number of hydrogen-bond acceptors (Lipinski definition) is 3. The molecule has 0 amide bonds. The summed E-state index contributed by atoms with van der Waals surface area (Å²) in [5.41, 5.74) is 11.6. The molecule has 27 heavy (non-hydrogen) atoms. The van der Waals surface area contributed by atoms with Gasteiger partial charge in [0.25, 0.3) is 0 Å². The lowest BCUT2D eigenvalue weighted by atomic mass is 10.00. The van der Waals surface area contributed by atoms with Gasteiger partial charge in [0.05, 0.1) is 22.7 Å². The highest BCUT2D eigenvalue weighted by Gasteiger charge is 2.10.